The van der Waals surface area contributed by atoms with E-state index in [1.165, 1.54) is 103 Å². The second-order valence-electron chi connectivity index (χ2n) is 38.1. The van der Waals surface area contributed by atoms with Gasteiger partial charge in [-0.25, -0.2) is 0 Å². The van der Waals surface area contributed by atoms with Crippen molar-refractivity contribution in [3.63, 3.8) is 0 Å². The normalized spacial score (nSPS) is 15.4. The van der Waals surface area contributed by atoms with Crippen LogP contribution >= 0.6 is 0 Å². The molecule has 0 aromatic rings. The van der Waals surface area contributed by atoms with Crippen molar-refractivity contribution in [3.8, 4) is 0 Å². The molecular weight excluding hydrogens is 1410 g/mol. The molecule has 0 bridgehead atoms. The van der Waals surface area contributed by atoms with E-state index in [9.17, 15) is 0 Å². The maximum absolute atomic E-state index is 6.74. The smallest absolute Gasteiger partial charge is 0.315 e. The van der Waals surface area contributed by atoms with E-state index >= 15 is 0 Å². The van der Waals surface area contributed by atoms with E-state index in [4.69, 9.17) is 49.4 Å². The fraction of sp³-hybridized carbons (Fsp3) is 1.00. The van der Waals surface area contributed by atoms with Crippen LogP contribution in [-0.2, 0) is 49.4 Å². The van der Waals surface area contributed by atoms with E-state index in [1.54, 1.807) is 0 Å². The zero-order valence-corrected chi connectivity index (χ0v) is 87.1. The molecule has 0 aromatic carbocycles. The summed E-state index contributed by atoms with van der Waals surface area (Å²) in [6.07, 6.45) is 21.6. The van der Waals surface area contributed by atoms with Gasteiger partial charge in [-0.2, -0.15) is 0 Å². The van der Waals surface area contributed by atoms with Crippen molar-refractivity contribution in [2.24, 2.45) is 0 Å². The molecule has 0 radical (unpaired) electrons. The van der Waals surface area contributed by atoms with Gasteiger partial charge in [0.15, 0.2) is 83.2 Å². The van der Waals surface area contributed by atoms with Crippen LogP contribution in [0.1, 0.15) is 117 Å². The summed E-state index contributed by atoms with van der Waals surface area (Å²) < 4.78 is 76.2. The first-order valence-electron chi connectivity index (χ1n) is 36.0. The molecule has 0 aliphatic carbocycles. The highest BCUT2D eigenvalue weighted by molar-refractivity contribution is 6.92. The maximum atomic E-state index is 6.74. The summed E-state index contributed by atoms with van der Waals surface area (Å²) in [5.74, 6) is 0. The Labute approximate surface area is 591 Å². The molecular formula is C62H168O12Si17. The van der Waals surface area contributed by atoms with Crippen LogP contribution in [0.3, 0.4) is 0 Å². The number of rotatable bonds is 42. The van der Waals surface area contributed by atoms with Gasteiger partial charge in [-0.3, -0.25) is 0 Å². The highest BCUT2D eigenvalue weighted by atomic mass is 28.5. The van der Waals surface area contributed by atoms with Gasteiger partial charge in [0, 0.05) is 0 Å². The van der Waals surface area contributed by atoms with Gasteiger partial charge in [-0.1, -0.05) is 117 Å². The zero-order valence-electron chi connectivity index (χ0n) is 70.1. The Balaban J connectivity index is -0.000000353. The first kappa shape index (κ1) is 103. The summed E-state index contributed by atoms with van der Waals surface area (Å²) in [4.78, 5) is 0. The van der Waals surface area contributed by atoms with E-state index in [0.717, 1.165) is 12.1 Å². The Morgan fingerprint density at radius 1 is 0.143 bits per heavy atom. The van der Waals surface area contributed by atoms with Crippen LogP contribution in [0.25, 0.3) is 0 Å². The predicted molar refractivity (Wildman–Crippen MR) is 452 cm³/mol. The fourth-order valence-electron chi connectivity index (χ4n) is 11.7. The largest absolute Gasteiger partial charge is 0.437 e. The average molecular weight is 1580 g/mol. The Kier molecular flexibility index (Phi) is 49.0. The molecule has 29 heteroatoms. The summed E-state index contributed by atoms with van der Waals surface area (Å²) in [5, 5.41) is 0. The molecule has 0 heterocycles. The zero-order chi connectivity index (χ0) is 73.7. The molecule has 0 saturated carbocycles. The van der Waals surface area contributed by atoms with Gasteiger partial charge in [-0.05, 0) is 287 Å². The van der Waals surface area contributed by atoms with Crippen LogP contribution in [0.4, 0.5) is 0 Å². The van der Waals surface area contributed by atoms with Crippen LogP contribution in [0, 0.1) is 0 Å². The number of hydrogen-bond acceptors (Lipinski definition) is 12. The van der Waals surface area contributed by atoms with Crippen molar-refractivity contribution in [2.75, 3.05) is 0 Å². The topological polar surface area (TPSA) is 111 Å². The number of hydrogen-bond donors (Lipinski definition) is 0. The summed E-state index contributed by atoms with van der Waals surface area (Å²) in [7, 11) is -29.2. The lowest BCUT2D eigenvalue weighted by Crippen LogP contribution is -2.56. The highest BCUT2D eigenvalue weighted by Crippen LogP contribution is 2.31. The van der Waals surface area contributed by atoms with Gasteiger partial charge in [0.05, 0.1) is 0 Å². The van der Waals surface area contributed by atoms with Gasteiger partial charge in [0.1, 0.15) is 0 Å². The SMILES string of the molecule is CCCCCCCCCC[Si](C)(O[Si](C)(C)C)O[Si](C)(C)O[Si](C)(C)C.CCCCCCCCCC[Si](C)(O[Si](C)(C)C)O[Si](C)(C)O[Si](C)(C)C.C[Si](C)(C)O[Si](C)(C)O[Si](C)(C)C.C[Si](C)(C)O[Si](C)(C)O[Si](C)(C)C.C[Si](C)(C)O[Si](C)(C)O[Si](C)(C)C. The van der Waals surface area contributed by atoms with E-state index in [2.05, 4.69) is 289 Å². The molecule has 0 rings (SSSR count). The van der Waals surface area contributed by atoms with Gasteiger partial charge in [0.2, 0.25) is 0 Å². The van der Waals surface area contributed by atoms with E-state index in [0.29, 0.717) is 0 Å². The molecule has 0 saturated heterocycles. The van der Waals surface area contributed by atoms with Crippen molar-refractivity contribution in [1.29, 1.82) is 0 Å². The second-order valence-corrected chi connectivity index (χ2v) is 110. The number of unbranched alkanes of at least 4 members (excludes halogenated alkanes) is 14. The molecule has 91 heavy (non-hydrogen) atoms. The summed E-state index contributed by atoms with van der Waals surface area (Å²) in [6.45, 7) is 98.0. The summed E-state index contributed by atoms with van der Waals surface area (Å²) in [6, 6.07) is 2.22. The summed E-state index contributed by atoms with van der Waals surface area (Å²) >= 11 is 0. The molecule has 0 fully saturated rings. The van der Waals surface area contributed by atoms with Crippen LogP contribution in [-0.4, -0.2) is 143 Å². The van der Waals surface area contributed by atoms with Crippen molar-refractivity contribution in [3.05, 3.63) is 0 Å². The molecule has 0 spiro atoms. The quantitative estimate of drug-likeness (QED) is 0.0429. The molecule has 2 unspecified atom stereocenters. The molecule has 0 aromatic heterocycles. The Hall–Kier alpha value is 3.21. The van der Waals surface area contributed by atoms with Gasteiger partial charge in [-0.15, -0.1) is 0 Å². The maximum Gasteiger partial charge on any atom is 0.315 e. The molecule has 0 aliphatic heterocycles. The molecule has 556 valence electrons. The molecule has 12 nitrogen and oxygen atoms in total. The standard InChI is InChI=1S/2C19H48O3Si4.3C8H24O2Si3/c2*1-11-12-13-14-15-16-17-18-19-26(10,21-24(5,6)7)22-25(8,9)20-23(2,3)4;3*1-11(2,3)9-13(7,8)10-12(4,5)6/h2*11-19H2,1-10H3;3*1-8H3. The minimum Gasteiger partial charge on any atom is -0.437 e. The lowest BCUT2D eigenvalue weighted by atomic mass is 10.1. The third kappa shape index (κ3) is 82.1. The molecule has 2 atom stereocenters. The Morgan fingerprint density at radius 2 is 0.264 bits per heavy atom. The lowest BCUT2D eigenvalue weighted by Gasteiger charge is -2.41. The van der Waals surface area contributed by atoms with Crippen molar-refractivity contribution >= 4 is 143 Å². The van der Waals surface area contributed by atoms with Crippen molar-refractivity contribution < 1.29 is 49.4 Å². The van der Waals surface area contributed by atoms with E-state index in [1.807, 2.05) is 0 Å². The minimum atomic E-state index is -2.18. The van der Waals surface area contributed by atoms with Gasteiger partial charge >= 0.3 is 59.9 Å². The predicted octanol–water partition coefficient (Wildman–Crippen LogP) is 25.4. The second kappa shape index (κ2) is 43.3. The highest BCUT2D eigenvalue weighted by Gasteiger charge is 2.46. The summed E-state index contributed by atoms with van der Waals surface area (Å²) in [5.41, 5.74) is 0. The molecule has 0 aliphatic rings. The van der Waals surface area contributed by atoms with Crippen LogP contribution < -0.4 is 0 Å². The first-order chi connectivity index (χ1) is 39.6. The average Bonchev–Trinajstić information content (AvgIpc) is 1.21. The van der Waals surface area contributed by atoms with E-state index < -0.39 is 143 Å². The van der Waals surface area contributed by atoms with Crippen LogP contribution in [0.5, 0.6) is 0 Å². The molecule has 0 N–H and O–H groups in total. The minimum absolute atomic E-state index is 1.11. The van der Waals surface area contributed by atoms with Crippen LogP contribution in [0.15, 0.2) is 0 Å². The van der Waals surface area contributed by atoms with Gasteiger partial charge in [0.25, 0.3) is 0 Å². The van der Waals surface area contributed by atoms with E-state index in [-0.39, 0.29) is 0 Å². The lowest BCUT2D eigenvalue weighted by molar-refractivity contribution is 0.319. The monoisotopic (exact) mass is 1580 g/mol. The van der Waals surface area contributed by atoms with Crippen molar-refractivity contribution in [2.45, 2.75) is 404 Å². The van der Waals surface area contributed by atoms with Gasteiger partial charge < -0.3 is 49.4 Å². The fourth-order valence-corrected chi connectivity index (χ4v) is 84.8. The third-order valence-electron chi connectivity index (χ3n) is 11.4. The van der Waals surface area contributed by atoms with Crippen molar-refractivity contribution in [1.82, 2.24) is 0 Å². The molecule has 0 amide bonds. The Bertz CT molecular complexity index is 1630. The Morgan fingerprint density at radius 3 is 0.396 bits per heavy atom. The first-order valence-corrected chi connectivity index (χ1v) is 89.2. The van der Waals surface area contributed by atoms with Crippen LogP contribution in [0.2, 0.25) is 287 Å². The third-order valence-corrected chi connectivity index (χ3v) is 64.9.